The normalized spacial score (nSPS) is 23.0. The Morgan fingerprint density at radius 1 is 1.36 bits per heavy atom. The molecule has 0 spiro atoms. The van der Waals surface area contributed by atoms with Gasteiger partial charge in [0.1, 0.15) is 5.60 Å². The molecular formula is C15H22N2O4S. The van der Waals surface area contributed by atoms with Gasteiger partial charge in [0.2, 0.25) is 0 Å². The average Bonchev–Trinajstić information content (AvgIpc) is 2.67. The number of rotatable bonds is 3. The van der Waals surface area contributed by atoms with Crippen LogP contribution in [0.3, 0.4) is 0 Å². The van der Waals surface area contributed by atoms with Crippen LogP contribution in [0.15, 0.2) is 0 Å². The Morgan fingerprint density at radius 3 is 2.41 bits per heavy atom. The van der Waals surface area contributed by atoms with E-state index in [1.54, 1.807) is 20.8 Å². The van der Waals surface area contributed by atoms with Crippen LogP contribution in [0.1, 0.15) is 51.1 Å². The molecule has 2 N–H and O–H groups in total. The van der Waals surface area contributed by atoms with E-state index < -0.39 is 23.6 Å². The third kappa shape index (κ3) is 3.24. The summed E-state index contributed by atoms with van der Waals surface area (Å²) < 4.78 is 5.19. The first-order chi connectivity index (χ1) is 9.93. The number of hydrogen-bond donors (Lipinski definition) is 2. The molecule has 22 heavy (non-hydrogen) atoms. The lowest BCUT2D eigenvalue weighted by atomic mass is 10.1. The molecule has 1 aliphatic rings. The van der Waals surface area contributed by atoms with E-state index >= 15 is 0 Å². The van der Waals surface area contributed by atoms with Crippen LogP contribution in [-0.2, 0) is 9.53 Å². The molecule has 1 aromatic heterocycles. The third-order valence-electron chi connectivity index (χ3n) is 3.82. The van der Waals surface area contributed by atoms with Gasteiger partial charge in [0.15, 0.2) is 5.13 Å². The van der Waals surface area contributed by atoms with Gasteiger partial charge in [-0.15, -0.1) is 11.3 Å². The maximum atomic E-state index is 11.8. The number of thiazole rings is 1. The summed E-state index contributed by atoms with van der Waals surface area (Å²) in [6, 6.07) is 0. The van der Waals surface area contributed by atoms with Crippen LogP contribution in [0.25, 0.3) is 0 Å². The van der Waals surface area contributed by atoms with Gasteiger partial charge < -0.3 is 9.84 Å². The van der Waals surface area contributed by atoms with Gasteiger partial charge in [-0.1, -0.05) is 13.8 Å². The Morgan fingerprint density at radius 2 is 1.95 bits per heavy atom. The Hall–Kier alpha value is -1.63. The number of anilines is 1. The summed E-state index contributed by atoms with van der Waals surface area (Å²) in [4.78, 5) is 28.3. The number of carboxylic acids is 1. The predicted molar refractivity (Wildman–Crippen MR) is 84.4 cm³/mol. The van der Waals surface area contributed by atoms with Gasteiger partial charge in [-0.2, -0.15) is 0 Å². The smallest absolute Gasteiger partial charge is 0.413 e. The maximum Gasteiger partial charge on any atom is 0.413 e. The van der Waals surface area contributed by atoms with Crippen LogP contribution in [0, 0.1) is 18.3 Å². The molecule has 6 nitrogen and oxygen atoms in total. The highest BCUT2D eigenvalue weighted by Crippen LogP contribution is 2.66. The standard InChI is InChI=1S/C15H22N2O4S/c1-7-10(8-9(11(18)19)15(8,5)6)22-12(16-7)17-13(20)21-14(2,3)4/h8-9H,1-6H3,(H,18,19)(H,16,17,20)/t8-,9-/m1/s1. The van der Waals surface area contributed by atoms with Crippen molar-refractivity contribution >= 4 is 28.5 Å². The highest BCUT2D eigenvalue weighted by Gasteiger charge is 2.63. The van der Waals surface area contributed by atoms with Crippen LogP contribution in [-0.4, -0.2) is 27.8 Å². The molecule has 1 heterocycles. The van der Waals surface area contributed by atoms with Gasteiger partial charge in [-0.25, -0.2) is 9.78 Å². The molecule has 0 saturated heterocycles. The molecule has 2 atom stereocenters. The summed E-state index contributed by atoms with van der Waals surface area (Å²) in [6.45, 7) is 11.1. The zero-order chi connectivity index (χ0) is 16.9. The molecule has 1 fully saturated rings. The van der Waals surface area contributed by atoms with Crippen LogP contribution < -0.4 is 5.32 Å². The summed E-state index contributed by atoms with van der Waals surface area (Å²) in [5.74, 6) is -1.25. The van der Waals surface area contributed by atoms with Crippen LogP contribution in [0.4, 0.5) is 9.93 Å². The fourth-order valence-corrected chi connectivity index (χ4v) is 4.01. The molecule has 7 heteroatoms. The highest BCUT2D eigenvalue weighted by atomic mass is 32.1. The summed E-state index contributed by atoms with van der Waals surface area (Å²) in [6.07, 6.45) is -0.558. The van der Waals surface area contributed by atoms with Crippen molar-refractivity contribution in [2.45, 2.75) is 53.1 Å². The van der Waals surface area contributed by atoms with E-state index in [0.717, 1.165) is 10.6 Å². The Kier molecular flexibility index (Phi) is 3.97. The molecule has 1 aromatic rings. The Labute approximate surface area is 133 Å². The van der Waals surface area contributed by atoms with Crippen LogP contribution in [0.5, 0.6) is 0 Å². The van der Waals surface area contributed by atoms with Gasteiger partial charge in [-0.05, 0) is 33.1 Å². The molecule has 0 bridgehead atoms. The Bertz CT molecular complexity index is 616. The number of carbonyl (C=O) groups is 2. The number of ether oxygens (including phenoxy) is 1. The third-order valence-corrected chi connectivity index (χ3v) is 4.97. The molecule has 0 radical (unpaired) electrons. The minimum atomic E-state index is -0.788. The lowest BCUT2D eigenvalue weighted by Crippen LogP contribution is -2.27. The molecule has 1 saturated carbocycles. The number of nitrogens with one attached hydrogen (secondary N) is 1. The molecular weight excluding hydrogens is 304 g/mol. The van der Waals surface area contributed by atoms with E-state index in [0.29, 0.717) is 5.13 Å². The van der Waals surface area contributed by atoms with Crippen molar-refractivity contribution in [2.24, 2.45) is 11.3 Å². The second-order valence-corrected chi connectivity index (χ2v) is 8.24. The van der Waals surface area contributed by atoms with Gasteiger partial charge in [0, 0.05) is 10.8 Å². The van der Waals surface area contributed by atoms with Crippen LogP contribution >= 0.6 is 11.3 Å². The first-order valence-corrected chi connectivity index (χ1v) is 7.95. The predicted octanol–water partition coefficient (Wildman–Crippen LogP) is 3.62. The molecule has 1 aliphatic carbocycles. The van der Waals surface area contributed by atoms with Crippen molar-refractivity contribution in [3.8, 4) is 0 Å². The summed E-state index contributed by atoms with van der Waals surface area (Å²) >= 11 is 1.32. The molecule has 122 valence electrons. The summed E-state index contributed by atoms with van der Waals surface area (Å²) in [5, 5.41) is 12.3. The summed E-state index contributed by atoms with van der Waals surface area (Å²) in [7, 11) is 0. The fourth-order valence-electron chi connectivity index (χ4n) is 2.73. The van der Waals surface area contributed by atoms with Gasteiger partial charge >= 0.3 is 12.1 Å². The van der Waals surface area contributed by atoms with Gasteiger partial charge in [0.05, 0.1) is 11.6 Å². The lowest BCUT2D eigenvalue weighted by Gasteiger charge is -2.18. The van der Waals surface area contributed by atoms with Gasteiger partial charge in [-0.3, -0.25) is 10.1 Å². The van der Waals surface area contributed by atoms with E-state index in [-0.39, 0.29) is 11.3 Å². The fraction of sp³-hybridized carbons (Fsp3) is 0.667. The molecule has 0 aromatic carbocycles. The maximum absolute atomic E-state index is 11.8. The number of carboxylic acid groups (broad SMARTS) is 1. The van der Waals surface area contributed by atoms with E-state index in [9.17, 15) is 14.7 Å². The van der Waals surface area contributed by atoms with Crippen molar-refractivity contribution in [1.29, 1.82) is 0 Å². The minimum Gasteiger partial charge on any atom is -0.481 e. The number of hydrogen-bond acceptors (Lipinski definition) is 5. The first-order valence-electron chi connectivity index (χ1n) is 7.13. The number of amides is 1. The lowest BCUT2D eigenvalue weighted by molar-refractivity contribution is -0.139. The van der Waals surface area contributed by atoms with Crippen molar-refractivity contribution in [2.75, 3.05) is 5.32 Å². The molecule has 0 aliphatic heterocycles. The number of carbonyl (C=O) groups excluding carboxylic acids is 1. The molecule has 0 unspecified atom stereocenters. The Balaban J connectivity index is 2.13. The van der Waals surface area contributed by atoms with E-state index in [1.807, 2.05) is 20.8 Å². The zero-order valence-corrected chi connectivity index (χ0v) is 14.5. The van der Waals surface area contributed by atoms with E-state index in [1.165, 1.54) is 11.3 Å². The van der Waals surface area contributed by atoms with Crippen molar-refractivity contribution in [3.05, 3.63) is 10.6 Å². The van der Waals surface area contributed by atoms with Crippen molar-refractivity contribution in [1.82, 2.24) is 4.98 Å². The number of aliphatic carboxylic acids is 1. The number of aromatic nitrogens is 1. The zero-order valence-electron chi connectivity index (χ0n) is 13.7. The topological polar surface area (TPSA) is 88.5 Å². The number of aryl methyl sites for hydroxylation is 1. The second kappa shape index (κ2) is 5.22. The van der Waals surface area contributed by atoms with Gasteiger partial charge in [0.25, 0.3) is 0 Å². The van der Waals surface area contributed by atoms with Crippen LogP contribution in [0.2, 0.25) is 0 Å². The largest absolute Gasteiger partial charge is 0.481 e. The van der Waals surface area contributed by atoms with E-state index in [2.05, 4.69) is 10.3 Å². The number of nitrogens with zero attached hydrogens (tertiary/aromatic N) is 1. The monoisotopic (exact) mass is 326 g/mol. The quantitative estimate of drug-likeness (QED) is 0.885. The first kappa shape index (κ1) is 16.7. The molecule has 1 amide bonds. The van der Waals surface area contributed by atoms with E-state index in [4.69, 9.17) is 4.74 Å². The van der Waals surface area contributed by atoms with Crippen molar-refractivity contribution < 1.29 is 19.4 Å². The van der Waals surface area contributed by atoms with Crippen molar-refractivity contribution in [3.63, 3.8) is 0 Å². The SMILES string of the molecule is Cc1nc(NC(=O)OC(C)(C)C)sc1[C@H]1[C@H](C(=O)O)C1(C)C. The summed E-state index contributed by atoms with van der Waals surface area (Å²) in [5.41, 5.74) is -0.101. The average molecular weight is 326 g/mol. The molecule has 2 rings (SSSR count). The minimum absolute atomic E-state index is 0.0586. The second-order valence-electron chi connectivity index (χ2n) is 7.21. The highest BCUT2D eigenvalue weighted by molar-refractivity contribution is 7.16.